The molecular weight excluding hydrogens is 450 g/mol. The standard InChI is InChI=1S/C22H22BrN3O4/c1-3-28-19-11-16(17(23)12-20(19)29-4-2)13-25-26-21(27)14-30-18-9-5-7-15-8-6-10-24-22(15)18/h5-13H,3-4,14H2,1-2H3,(H,26,27)/b25-13+. The molecule has 7 nitrogen and oxygen atoms in total. The fourth-order valence-corrected chi connectivity index (χ4v) is 3.15. The molecule has 0 aliphatic rings. The lowest BCUT2D eigenvalue weighted by Gasteiger charge is -2.12. The molecule has 0 atom stereocenters. The Morgan fingerprint density at radius 1 is 1.07 bits per heavy atom. The summed E-state index contributed by atoms with van der Waals surface area (Å²) in [6.07, 6.45) is 3.21. The average molecular weight is 472 g/mol. The van der Waals surface area contributed by atoms with Gasteiger partial charge in [-0.2, -0.15) is 5.10 Å². The number of aromatic nitrogens is 1. The lowest BCUT2D eigenvalue weighted by atomic mass is 10.2. The molecule has 0 aliphatic carbocycles. The number of nitrogens with one attached hydrogen (secondary N) is 1. The first-order valence-corrected chi connectivity index (χ1v) is 10.3. The first-order valence-electron chi connectivity index (χ1n) is 9.50. The predicted octanol–water partition coefficient (Wildman–Crippen LogP) is 4.32. The van der Waals surface area contributed by atoms with E-state index in [1.54, 1.807) is 18.3 Å². The van der Waals surface area contributed by atoms with Gasteiger partial charge in [0.2, 0.25) is 0 Å². The number of carbonyl (C=O) groups excluding carboxylic acids is 1. The minimum Gasteiger partial charge on any atom is -0.490 e. The van der Waals surface area contributed by atoms with Crippen molar-refractivity contribution in [1.29, 1.82) is 0 Å². The van der Waals surface area contributed by atoms with Gasteiger partial charge in [0.25, 0.3) is 5.91 Å². The van der Waals surface area contributed by atoms with Gasteiger partial charge in [-0.1, -0.05) is 18.2 Å². The summed E-state index contributed by atoms with van der Waals surface area (Å²) in [7, 11) is 0. The molecule has 0 saturated heterocycles. The van der Waals surface area contributed by atoms with E-state index in [2.05, 4.69) is 31.4 Å². The zero-order chi connectivity index (χ0) is 21.3. The lowest BCUT2D eigenvalue weighted by Crippen LogP contribution is -2.24. The van der Waals surface area contributed by atoms with Crippen LogP contribution in [0.4, 0.5) is 0 Å². The maximum Gasteiger partial charge on any atom is 0.277 e. The van der Waals surface area contributed by atoms with Crippen molar-refractivity contribution >= 4 is 39.0 Å². The van der Waals surface area contributed by atoms with Crippen LogP contribution in [0.3, 0.4) is 0 Å². The molecule has 0 aliphatic heterocycles. The van der Waals surface area contributed by atoms with Crippen LogP contribution in [0.25, 0.3) is 10.9 Å². The zero-order valence-electron chi connectivity index (χ0n) is 16.7. The minimum absolute atomic E-state index is 0.179. The van der Waals surface area contributed by atoms with Crippen LogP contribution in [0.2, 0.25) is 0 Å². The van der Waals surface area contributed by atoms with Crippen LogP contribution < -0.4 is 19.6 Å². The van der Waals surface area contributed by atoms with Crippen molar-refractivity contribution in [2.75, 3.05) is 19.8 Å². The Kier molecular flexibility index (Phi) is 7.62. The molecule has 3 rings (SSSR count). The number of hydrogen-bond donors (Lipinski definition) is 1. The van der Waals surface area contributed by atoms with Gasteiger partial charge in [-0.25, -0.2) is 5.43 Å². The number of pyridine rings is 1. The van der Waals surface area contributed by atoms with Crippen molar-refractivity contribution in [3.8, 4) is 17.2 Å². The minimum atomic E-state index is -0.383. The number of carbonyl (C=O) groups is 1. The Labute approximate surface area is 183 Å². The number of amides is 1. The monoisotopic (exact) mass is 471 g/mol. The topological polar surface area (TPSA) is 82.0 Å². The number of hydrazone groups is 1. The van der Waals surface area contributed by atoms with Crippen molar-refractivity contribution < 1.29 is 19.0 Å². The Bertz CT molecular complexity index is 1050. The Balaban J connectivity index is 1.62. The number of ether oxygens (including phenoxy) is 3. The van der Waals surface area contributed by atoms with Gasteiger partial charge in [0.15, 0.2) is 18.1 Å². The first kappa shape index (κ1) is 21.6. The van der Waals surface area contributed by atoms with Crippen molar-refractivity contribution in [1.82, 2.24) is 10.4 Å². The highest BCUT2D eigenvalue weighted by Crippen LogP contribution is 2.33. The number of para-hydroxylation sites is 1. The smallest absolute Gasteiger partial charge is 0.277 e. The molecule has 1 N–H and O–H groups in total. The van der Waals surface area contributed by atoms with Crippen LogP contribution in [-0.2, 0) is 4.79 Å². The average Bonchev–Trinajstić information content (AvgIpc) is 2.75. The molecule has 1 heterocycles. The van der Waals surface area contributed by atoms with Crippen LogP contribution in [0, 0.1) is 0 Å². The van der Waals surface area contributed by atoms with Crippen LogP contribution >= 0.6 is 15.9 Å². The van der Waals surface area contributed by atoms with Crippen LogP contribution in [-0.4, -0.2) is 36.9 Å². The second kappa shape index (κ2) is 10.6. The number of benzene rings is 2. The molecule has 3 aromatic rings. The third-order valence-electron chi connectivity index (χ3n) is 4.01. The Morgan fingerprint density at radius 3 is 2.57 bits per heavy atom. The van der Waals surface area contributed by atoms with Gasteiger partial charge in [-0.15, -0.1) is 0 Å². The quantitative estimate of drug-likeness (QED) is 0.371. The fourth-order valence-electron chi connectivity index (χ4n) is 2.73. The normalized spacial score (nSPS) is 10.9. The van der Waals surface area contributed by atoms with Crippen molar-refractivity contribution in [2.45, 2.75) is 13.8 Å². The molecule has 2 aromatic carbocycles. The molecule has 0 bridgehead atoms. The highest BCUT2D eigenvalue weighted by molar-refractivity contribution is 9.10. The maximum absolute atomic E-state index is 12.1. The van der Waals surface area contributed by atoms with Gasteiger partial charge >= 0.3 is 0 Å². The summed E-state index contributed by atoms with van der Waals surface area (Å²) >= 11 is 3.48. The summed E-state index contributed by atoms with van der Waals surface area (Å²) in [5.74, 6) is 1.42. The summed E-state index contributed by atoms with van der Waals surface area (Å²) in [4.78, 5) is 16.4. The first-order chi connectivity index (χ1) is 14.6. The summed E-state index contributed by atoms with van der Waals surface area (Å²) < 4.78 is 17.6. The lowest BCUT2D eigenvalue weighted by molar-refractivity contribution is -0.123. The van der Waals surface area contributed by atoms with Crippen molar-refractivity contribution in [2.24, 2.45) is 5.10 Å². The van der Waals surface area contributed by atoms with E-state index in [9.17, 15) is 4.79 Å². The molecule has 0 radical (unpaired) electrons. The molecule has 156 valence electrons. The van der Waals surface area contributed by atoms with E-state index in [0.717, 1.165) is 15.4 Å². The van der Waals surface area contributed by atoms with E-state index in [-0.39, 0.29) is 12.5 Å². The van der Waals surface area contributed by atoms with E-state index in [1.165, 1.54) is 6.21 Å². The molecule has 0 unspecified atom stereocenters. The second-order valence-electron chi connectivity index (χ2n) is 6.10. The number of fused-ring (bicyclic) bond motifs is 1. The van der Waals surface area contributed by atoms with Gasteiger partial charge < -0.3 is 14.2 Å². The van der Waals surface area contributed by atoms with Crippen LogP contribution in [0.1, 0.15) is 19.4 Å². The number of rotatable bonds is 9. The molecule has 8 heteroatoms. The van der Waals surface area contributed by atoms with E-state index in [1.807, 2.05) is 44.2 Å². The maximum atomic E-state index is 12.1. The Hall–Kier alpha value is -3.13. The molecule has 1 amide bonds. The summed E-state index contributed by atoms with van der Waals surface area (Å²) in [5.41, 5.74) is 3.90. The van der Waals surface area contributed by atoms with E-state index in [4.69, 9.17) is 14.2 Å². The second-order valence-corrected chi connectivity index (χ2v) is 6.95. The molecular formula is C22H22BrN3O4. The van der Waals surface area contributed by atoms with Crippen LogP contribution in [0.5, 0.6) is 17.2 Å². The molecule has 0 spiro atoms. The summed E-state index contributed by atoms with van der Waals surface area (Å²) in [5, 5.41) is 4.95. The van der Waals surface area contributed by atoms with Crippen molar-refractivity contribution in [3.05, 3.63) is 58.7 Å². The molecule has 30 heavy (non-hydrogen) atoms. The van der Waals surface area contributed by atoms with E-state index >= 15 is 0 Å². The number of hydrogen-bond acceptors (Lipinski definition) is 6. The third-order valence-corrected chi connectivity index (χ3v) is 4.70. The van der Waals surface area contributed by atoms with Crippen molar-refractivity contribution in [3.63, 3.8) is 0 Å². The zero-order valence-corrected chi connectivity index (χ0v) is 18.3. The SMILES string of the molecule is CCOc1cc(Br)c(/C=N/NC(=O)COc2cccc3cccnc23)cc1OCC. The number of halogens is 1. The fraction of sp³-hybridized carbons (Fsp3) is 0.227. The van der Waals surface area contributed by atoms with Gasteiger partial charge in [-0.3, -0.25) is 9.78 Å². The van der Waals surface area contributed by atoms with Crippen LogP contribution in [0.15, 0.2) is 58.2 Å². The van der Waals surface area contributed by atoms with E-state index < -0.39 is 0 Å². The van der Waals surface area contributed by atoms with Gasteiger partial charge in [0.05, 0.1) is 19.4 Å². The molecule has 0 fully saturated rings. The van der Waals surface area contributed by atoms with Gasteiger partial charge in [-0.05, 0) is 54.0 Å². The van der Waals surface area contributed by atoms with Gasteiger partial charge in [0.1, 0.15) is 11.3 Å². The third kappa shape index (κ3) is 5.48. The summed E-state index contributed by atoms with van der Waals surface area (Å²) in [6.45, 7) is 4.67. The summed E-state index contributed by atoms with van der Waals surface area (Å²) in [6, 6.07) is 13.0. The van der Waals surface area contributed by atoms with Gasteiger partial charge in [0, 0.05) is 21.6 Å². The molecule has 0 saturated carbocycles. The van der Waals surface area contributed by atoms with E-state index in [0.29, 0.717) is 36.0 Å². The predicted molar refractivity (Wildman–Crippen MR) is 119 cm³/mol. The highest BCUT2D eigenvalue weighted by Gasteiger charge is 2.10. The highest BCUT2D eigenvalue weighted by atomic mass is 79.9. The number of nitrogens with zero attached hydrogens (tertiary/aromatic N) is 2. The Morgan fingerprint density at radius 2 is 1.80 bits per heavy atom. The molecule has 1 aromatic heterocycles. The largest absolute Gasteiger partial charge is 0.490 e.